The third kappa shape index (κ3) is 1.94. The van der Waals surface area contributed by atoms with Crippen LogP contribution in [0, 0.1) is 0 Å². The Labute approximate surface area is 64.7 Å². The number of rotatable bonds is 1. The van der Waals surface area contributed by atoms with Crippen LogP contribution in [-0.2, 0) is 0 Å². The highest BCUT2D eigenvalue weighted by atomic mass is 16.4. The second kappa shape index (κ2) is 3.39. The zero-order chi connectivity index (χ0) is 8.27. The van der Waals surface area contributed by atoms with Crippen molar-refractivity contribution in [3.05, 3.63) is 11.6 Å². The van der Waals surface area contributed by atoms with Crippen molar-refractivity contribution in [2.75, 3.05) is 19.7 Å². The predicted octanol–water partition coefficient (Wildman–Crippen LogP) is 0.289. The van der Waals surface area contributed by atoms with E-state index in [4.69, 9.17) is 10.2 Å². The summed E-state index contributed by atoms with van der Waals surface area (Å²) in [6.45, 7) is 0.959. The first-order chi connectivity index (χ1) is 5.24. The minimum atomic E-state index is -0.891. The van der Waals surface area contributed by atoms with Crippen molar-refractivity contribution in [2.24, 2.45) is 0 Å². The molecule has 0 aromatic rings. The SMILES string of the molecule is O=C(O)N1CC=C(CO)CC1. The van der Waals surface area contributed by atoms with Crippen LogP contribution in [0.2, 0.25) is 0 Å². The molecule has 2 N–H and O–H groups in total. The summed E-state index contributed by atoms with van der Waals surface area (Å²) in [5, 5.41) is 17.2. The number of carbonyl (C=O) groups is 1. The number of hydrogen-bond acceptors (Lipinski definition) is 2. The normalized spacial score (nSPS) is 17.9. The number of carboxylic acid groups (broad SMARTS) is 1. The molecule has 0 saturated carbocycles. The van der Waals surface area contributed by atoms with Crippen LogP contribution >= 0.6 is 0 Å². The van der Waals surface area contributed by atoms with Gasteiger partial charge in [-0.3, -0.25) is 0 Å². The maximum absolute atomic E-state index is 10.4. The third-order valence-corrected chi connectivity index (χ3v) is 1.78. The van der Waals surface area contributed by atoms with Crippen molar-refractivity contribution >= 4 is 6.09 Å². The summed E-state index contributed by atoms with van der Waals surface area (Å²) >= 11 is 0. The van der Waals surface area contributed by atoms with Crippen molar-refractivity contribution in [3.63, 3.8) is 0 Å². The van der Waals surface area contributed by atoms with E-state index in [2.05, 4.69) is 0 Å². The summed E-state index contributed by atoms with van der Waals surface area (Å²) in [6, 6.07) is 0. The highest BCUT2D eigenvalue weighted by molar-refractivity contribution is 5.65. The summed E-state index contributed by atoms with van der Waals surface area (Å²) in [5.41, 5.74) is 0.933. The number of amides is 1. The van der Waals surface area contributed by atoms with E-state index in [1.54, 1.807) is 6.08 Å². The lowest BCUT2D eigenvalue weighted by Gasteiger charge is -2.22. The van der Waals surface area contributed by atoms with Gasteiger partial charge >= 0.3 is 6.09 Å². The quantitative estimate of drug-likeness (QED) is 0.538. The molecular formula is C7H11NO3. The lowest BCUT2D eigenvalue weighted by atomic mass is 10.1. The van der Waals surface area contributed by atoms with E-state index in [9.17, 15) is 4.79 Å². The molecule has 1 aliphatic heterocycles. The minimum Gasteiger partial charge on any atom is -0.465 e. The van der Waals surface area contributed by atoms with Crippen molar-refractivity contribution < 1.29 is 15.0 Å². The second-order valence-electron chi connectivity index (χ2n) is 2.50. The van der Waals surface area contributed by atoms with Gasteiger partial charge in [0.05, 0.1) is 6.61 Å². The fourth-order valence-electron chi connectivity index (χ4n) is 1.03. The summed E-state index contributed by atoms with van der Waals surface area (Å²) < 4.78 is 0. The molecule has 0 fully saturated rings. The fraction of sp³-hybridized carbons (Fsp3) is 0.571. The highest BCUT2D eigenvalue weighted by Crippen LogP contribution is 2.09. The van der Waals surface area contributed by atoms with Gasteiger partial charge in [-0.05, 0) is 12.0 Å². The molecule has 0 spiro atoms. The Morgan fingerprint density at radius 3 is 2.82 bits per heavy atom. The average Bonchev–Trinajstić information content (AvgIpc) is 2.05. The van der Waals surface area contributed by atoms with Crippen LogP contribution in [0.3, 0.4) is 0 Å². The summed E-state index contributed by atoms with van der Waals surface area (Å²) in [4.78, 5) is 11.7. The largest absolute Gasteiger partial charge is 0.465 e. The van der Waals surface area contributed by atoms with Crippen LogP contribution in [0.15, 0.2) is 11.6 Å². The molecule has 0 unspecified atom stereocenters. The molecule has 0 atom stereocenters. The van der Waals surface area contributed by atoms with Gasteiger partial charge in [0.15, 0.2) is 0 Å². The minimum absolute atomic E-state index is 0.0491. The molecule has 0 aliphatic carbocycles. The van der Waals surface area contributed by atoms with Gasteiger partial charge in [0, 0.05) is 13.1 Å². The monoisotopic (exact) mass is 157 g/mol. The van der Waals surface area contributed by atoms with Crippen LogP contribution in [0.4, 0.5) is 4.79 Å². The van der Waals surface area contributed by atoms with Crippen molar-refractivity contribution in [3.8, 4) is 0 Å². The molecule has 0 aromatic carbocycles. The topological polar surface area (TPSA) is 60.8 Å². The summed E-state index contributed by atoms with van der Waals surface area (Å²) in [7, 11) is 0. The first-order valence-corrected chi connectivity index (χ1v) is 3.50. The maximum atomic E-state index is 10.4. The zero-order valence-corrected chi connectivity index (χ0v) is 6.16. The molecule has 62 valence electrons. The van der Waals surface area contributed by atoms with Crippen LogP contribution in [-0.4, -0.2) is 40.9 Å². The number of nitrogens with zero attached hydrogens (tertiary/aromatic N) is 1. The second-order valence-corrected chi connectivity index (χ2v) is 2.50. The van der Waals surface area contributed by atoms with Crippen LogP contribution in [0.1, 0.15) is 6.42 Å². The standard InChI is InChI=1S/C7H11NO3/c9-5-6-1-3-8(4-2-6)7(10)11/h1,9H,2-5H2,(H,10,11). The Kier molecular flexibility index (Phi) is 2.48. The van der Waals surface area contributed by atoms with Gasteiger partial charge in [-0.15, -0.1) is 0 Å². The maximum Gasteiger partial charge on any atom is 0.407 e. The van der Waals surface area contributed by atoms with Gasteiger partial charge in [-0.25, -0.2) is 4.79 Å². The Morgan fingerprint density at radius 1 is 1.73 bits per heavy atom. The number of aliphatic hydroxyl groups is 1. The van der Waals surface area contributed by atoms with Crippen LogP contribution in [0.5, 0.6) is 0 Å². The Morgan fingerprint density at radius 2 is 2.45 bits per heavy atom. The molecule has 0 aromatic heterocycles. The lowest BCUT2D eigenvalue weighted by molar-refractivity contribution is 0.148. The fourth-order valence-corrected chi connectivity index (χ4v) is 1.03. The molecule has 1 aliphatic rings. The van der Waals surface area contributed by atoms with Crippen molar-refractivity contribution in [2.45, 2.75) is 6.42 Å². The van der Waals surface area contributed by atoms with E-state index < -0.39 is 6.09 Å². The molecule has 11 heavy (non-hydrogen) atoms. The van der Waals surface area contributed by atoms with Crippen molar-refractivity contribution in [1.82, 2.24) is 4.90 Å². The molecule has 1 rings (SSSR count). The molecule has 0 radical (unpaired) electrons. The predicted molar refractivity (Wildman–Crippen MR) is 39.4 cm³/mol. The van der Waals surface area contributed by atoms with E-state index in [1.165, 1.54) is 4.90 Å². The van der Waals surface area contributed by atoms with Crippen LogP contribution in [0.25, 0.3) is 0 Å². The molecular weight excluding hydrogens is 146 g/mol. The smallest absolute Gasteiger partial charge is 0.407 e. The first-order valence-electron chi connectivity index (χ1n) is 3.50. The molecule has 4 heteroatoms. The van der Waals surface area contributed by atoms with Gasteiger partial charge in [-0.2, -0.15) is 0 Å². The third-order valence-electron chi connectivity index (χ3n) is 1.78. The molecule has 4 nitrogen and oxygen atoms in total. The van der Waals surface area contributed by atoms with Crippen molar-refractivity contribution in [1.29, 1.82) is 0 Å². The molecule has 0 bridgehead atoms. The first kappa shape index (κ1) is 8.07. The van der Waals surface area contributed by atoms with Gasteiger partial charge in [0.1, 0.15) is 0 Å². The van der Waals surface area contributed by atoms with Gasteiger partial charge < -0.3 is 15.1 Å². The highest BCUT2D eigenvalue weighted by Gasteiger charge is 2.14. The summed E-state index contributed by atoms with van der Waals surface area (Å²) in [6.07, 6.45) is 1.53. The van der Waals surface area contributed by atoms with Gasteiger partial charge in [-0.1, -0.05) is 6.08 Å². The van der Waals surface area contributed by atoms with Gasteiger partial charge in [0.25, 0.3) is 0 Å². The van der Waals surface area contributed by atoms with E-state index in [1.807, 2.05) is 0 Å². The van der Waals surface area contributed by atoms with Gasteiger partial charge in [0.2, 0.25) is 0 Å². The zero-order valence-electron chi connectivity index (χ0n) is 6.16. The van der Waals surface area contributed by atoms with E-state index >= 15 is 0 Å². The molecule has 1 amide bonds. The number of hydrogen-bond donors (Lipinski definition) is 2. The van der Waals surface area contributed by atoms with E-state index in [-0.39, 0.29) is 6.61 Å². The Bertz CT molecular complexity index is 188. The van der Waals surface area contributed by atoms with Crippen LogP contribution < -0.4 is 0 Å². The number of aliphatic hydroxyl groups excluding tert-OH is 1. The Hall–Kier alpha value is -1.03. The molecule has 1 heterocycles. The van der Waals surface area contributed by atoms with E-state index in [0.717, 1.165) is 5.57 Å². The van der Waals surface area contributed by atoms with E-state index in [0.29, 0.717) is 19.5 Å². The molecule has 0 saturated heterocycles. The lowest BCUT2D eigenvalue weighted by Crippen LogP contribution is -2.33. The average molecular weight is 157 g/mol. The Balaban J connectivity index is 2.47. The summed E-state index contributed by atoms with van der Waals surface area (Å²) in [5.74, 6) is 0.